The van der Waals surface area contributed by atoms with Crippen molar-refractivity contribution in [1.29, 1.82) is 0 Å². The lowest BCUT2D eigenvalue weighted by atomic mass is 9.99. The van der Waals surface area contributed by atoms with E-state index in [0.717, 1.165) is 18.4 Å². The zero-order valence-corrected chi connectivity index (χ0v) is 8.05. The lowest BCUT2D eigenvalue weighted by Crippen LogP contribution is -2.15. The van der Waals surface area contributed by atoms with Crippen LogP contribution in [0.25, 0.3) is 0 Å². The molecular weight excluding hydrogens is 150 g/mol. The number of carbonyl (C=O) groups is 1. The van der Waals surface area contributed by atoms with Gasteiger partial charge in [0.25, 0.3) is 0 Å². The summed E-state index contributed by atoms with van der Waals surface area (Å²) in [4.78, 5) is 10.7. The minimum Gasteiger partial charge on any atom is -0.366 e. The summed E-state index contributed by atoms with van der Waals surface area (Å²) in [5.74, 6) is -0.312. The molecular formula is C10H17NO. The first kappa shape index (κ1) is 11.0. The van der Waals surface area contributed by atoms with Gasteiger partial charge in [0, 0.05) is 5.57 Å². The first-order chi connectivity index (χ1) is 5.72. The predicted molar refractivity (Wildman–Crippen MR) is 51.6 cm³/mol. The second kappa shape index (κ2) is 5.58. The molecule has 0 aliphatic heterocycles. The third-order valence-electron chi connectivity index (χ3n) is 1.66. The molecule has 0 saturated carbocycles. The fourth-order valence-electron chi connectivity index (χ4n) is 1.09. The monoisotopic (exact) mass is 167 g/mol. The molecule has 1 amide bonds. The van der Waals surface area contributed by atoms with Gasteiger partial charge in [0.1, 0.15) is 0 Å². The van der Waals surface area contributed by atoms with Gasteiger partial charge in [-0.05, 0) is 25.3 Å². The van der Waals surface area contributed by atoms with Crippen LogP contribution in [0.3, 0.4) is 0 Å². The van der Waals surface area contributed by atoms with Crippen molar-refractivity contribution in [3.8, 4) is 0 Å². The average Bonchev–Trinajstić information content (AvgIpc) is 2.08. The summed E-state index contributed by atoms with van der Waals surface area (Å²) in [6.07, 6.45) is 5.91. The van der Waals surface area contributed by atoms with Crippen molar-refractivity contribution in [3.05, 3.63) is 23.3 Å². The minimum absolute atomic E-state index is 0.312. The number of rotatable bonds is 1. The normalized spacial score (nSPS) is 15.2. The number of nitrogens with two attached hydrogens (primary N) is 1. The molecule has 0 saturated heterocycles. The van der Waals surface area contributed by atoms with E-state index in [1.54, 1.807) is 0 Å². The van der Waals surface area contributed by atoms with E-state index in [1.807, 2.05) is 32.9 Å². The molecule has 1 rings (SSSR count). The van der Waals surface area contributed by atoms with E-state index in [0.29, 0.717) is 5.57 Å². The second-order valence-electron chi connectivity index (χ2n) is 2.45. The molecule has 2 nitrogen and oxygen atoms in total. The highest BCUT2D eigenvalue weighted by atomic mass is 16.1. The number of hydrogen-bond donors (Lipinski definition) is 1. The number of hydrogen-bond acceptors (Lipinski definition) is 1. The summed E-state index contributed by atoms with van der Waals surface area (Å²) in [6.45, 7) is 5.91. The van der Waals surface area contributed by atoms with Crippen molar-refractivity contribution < 1.29 is 4.79 Å². The van der Waals surface area contributed by atoms with Gasteiger partial charge in [0.2, 0.25) is 5.91 Å². The summed E-state index contributed by atoms with van der Waals surface area (Å²) in [7, 11) is 0. The quantitative estimate of drug-likeness (QED) is 0.639. The Morgan fingerprint density at radius 1 is 1.33 bits per heavy atom. The Hall–Kier alpha value is -1.05. The van der Waals surface area contributed by atoms with Crippen LogP contribution in [0, 0.1) is 0 Å². The Labute approximate surface area is 74.1 Å². The maximum absolute atomic E-state index is 10.7. The highest BCUT2D eigenvalue weighted by Gasteiger charge is 2.08. The van der Waals surface area contributed by atoms with Crippen molar-refractivity contribution in [1.82, 2.24) is 0 Å². The largest absolute Gasteiger partial charge is 0.366 e. The van der Waals surface area contributed by atoms with Gasteiger partial charge in [-0.25, -0.2) is 0 Å². The number of amides is 1. The Bertz CT molecular complexity index is 214. The maximum atomic E-state index is 10.7. The molecule has 0 heterocycles. The van der Waals surface area contributed by atoms with Gasteiger partial charge in [-0.15, -0.1) is 0 Å². The third-order valence-corrected chi connectivity index (χ3v) is 1.66. The van der Waals surface area contributed by atoms with Crippen LogP contribution in [0.1, 0.15) is 33.6 Å². The lowest BCUT2D eigenvalue weighted by molar-refractivity contribution is -0.114. The van der Waals surface area contributed by atoms with Crippen LogP contribution in [0.4, 0.5) is 0 Å². The summed E-state index contributed by atoms with van der Waals surface area (Å²) in [5.41, 5.74) is 6.81. The average molecular weight is 167 g/mol. The van der Waals surface area contributed by atoms with E-state index in [2.05, 4.69) is 0 Å². The Balaban J connectivity index is 0.000000561. The third kappa shape index (κ3) is 2.91. The van der Waals surface area contributed by atoms with E-state index in [4.69, 9.17) is 5.73 Å². The number of carbonyl (C=O) groups excluding carboxylic acids is 1. The van der Waals surface area contributed by atoms with Crippen LogP contribution >= 0.6 is 0 Å². The van der Waals surface area contributed by atoms with Crippen LogP contribution in [-0.2, 0) is 4.79 Å². The van der Waals surface area contributed by atoms with Crippen molar-refractivity contribution in [2.24, 2.45) is 5.73 Å². The molecule has 68 valence electrons. The van der Waals surface area contributed by atoms with Gasteiger partial charge in [-0.3, -0.25) is 4.79 Å². The smallest absolute Gasteiger partial charge is 0.248 e. The van der Waals surface area contributed by atoms with Gasteiger partial charge >= 0.3 is 0 Å². The van der Waals surface area contributed by atoms with E-state index in [9.17, 15) is 4.79 Å². The van der Waals surface area contributed by atoms with Crippen LogP contribution in [-0.4, -0.2) is 5.91 Å². The molecule has 0 atom stereocenters. The van der Waals surface area contributed by atoms with E-state index >= 15 is 0 Å². The molecule has 0 aromatic rings. The van der Waals surface area contributed by atoms with E-state index in [1.165, 1.54) is 0 Å². The molecule has 0 radical (unpaired) electrons. The molecule has 0 aromatic carbocycles. The van der Waals surface area contributed by atoms with Crippen molar-refractivity contribution >= 4 is 5.91 Å². The highest BCUT2D eigenvalue weighted by Crippen LogP contribution is 2.16. The Kier molecular flexibility index (Phi) is 5.09. The van der Waals surface area contributed by atoms with Gasteiger partial charge < -0.3 is 5.73 Å². The highest BCUT2D eigenvalue weighted by molar-refractivity contribution is 5.96. The summed E-state index contributed by atoms with van der Waals surface area (Å²) < 4.78 is 0. The predicted octanol–water partition coefficient (Wildman–Crippen LogP) is 2.16. The molecule has 0 bridgehead atoms. The fraction of sp³-hybridized carbons (Fsp3) is 0.500. The SMILES string of the molecule is CC.CC1=CCCC=C1C(N)=O. The van der Waals surface area contributed by atoms with Gasteiger partial charge in [0.15, 0.2) is 0 Å². The molecule has 12 heavy (non-hydrogen) atoms. The molecule has 0 fully saturated rings. The van der Waals surface area contributed by atoms with Gasteiger partial charge in [0.05, 0.1) is 0 Å². The summed E-state index contributed by atoms with van der Waals surface area (Å²) in [6, 6.07) is 0. The van der Waals surface area contributed by atoms with Crippen molar-refractivity contribution in [2.75, 3.05) is 0 Å². The van der Waals surface area contributed by atoms with Gasteiger partial charge in [-0.2, -0.15) is 0 Å². The standard InChI is InChI=1S/C8H11NO.C2H6/c1-6-4-2-3-5-7(6)8(9)10;1-2/h4-5H,2-3H2,1H3,(H2,9,10);1-2H3. The second-order valence-corrected chi connectivity index (χ2v) is 2.45. The molecule has 2 heteroatoms. The van der Waals surface area contributed by atoms with E-state index < -0.39 is 0 Å². The summed E-state index contributed by atoms with van der Waals surface area (Å²) >= 11 is 0. The summed E-state index contributed by atoms with van der Waals surface area (Å²) in [5, 5.41) is 0. The zero-order chi connectivity index (χ0) is 9.56. The first-order valence-corrected chi connectivity index (χ1v) is 4.39. The van der Waals surface area contributed by atoms with Crippen LogP contribution in [0.15, 0.2) is 23.3 Å². The molecule has 1 aliphatic carbocycles. The number of allylic oxidation sites excluding steroid dienone is 2. The molecule has 2 N–H and O–H groups in total. The topological polar surface area (TPSA) is 43.1 Å². The maximum Gasteiger partial charge on any atom is 0.248 e. The van der Waals surface area contributed by atoms with E-state index in [-0.39, 0.29) is 5.91 Å². The Morgan fingerprint density at radius 2 is 1.83 bits per heavy atom. The molecule has 0 aromatic heterocycles. The fourth-order valence-corrected chi connectivity index (χ4v) is 1.09. The Morgan fingerprint density at radius 3 is 2.17 bits per heavy atom. The van der Waals surface area contributed by atoms with Crippen LogP contribution in [0.2, 0.25) is 0 Å². The minimum atomic E-state index is -0.312. The zero-order valence-electron chi connectivity index (χ0n) is 8.05. The van der Waals surface area contributed by atoms with Crippen molar-refractivity contribution in [2.45, 2.75) is 33.6 Å². The van der Waals surface area contributed by atoms with Crippen LogP contribution in [0.5, 0.6) is 0 Å². The molecule has 0 spiro atoms. The van der Waals surface area contributed by atoms with Crippen LogP contribution < -0.4 is 5.73 Å². The molecule has 1 aliphatic rings. The van der Waals surface area contributed by atoms with Gasteiger partial charge in [-0.1, -0.05) is 26.0 Å². The van der Waals surface area contributed by atoms with Crippen molar-refractivity contribution in [3.63, 3.8) is 0 Å². The first-order valence-electron chi connectivity index (χ1n) is 4.39. The number of primary amides is 1. The lowest BCUT2D eigenvalue weighted by Gasteiger charge is -2.07. The molecule has 0 unspecified atom stereocenters.